The van der Waals surface area contributed by atoms with Crippen molar-refractivity contribution in [1.82, 2.24) is 9.78 Å². The highest BCUT2D eigenvalue weighted by atomic mass is 16.5. The predicted octanol–water partition coefficient (Wildman–Crippen LogP) is 2.25. The molecular formula is C19H22N4O3. The van der Waals surface area contributed by atoms with E-state index in [2.05, 4.69) is 17.0 Å². The fraction of sp³-hybridized carbons (Fsp3) is 0.316. The zero-order valence-electron chi connectivity index (χ0n) is 14.8. The van der Waals surface area contributed by atoms with Crippen LogP contribution in [0.3, 0.4) is 0 Å². The van der Waals surface area contributed by atoms with Crippen LogP contribution in [-0.2, 0) is 22.5 Å². The maximum Gasteiger partial charge on any atom is 0.255 e. The molecular weight excluding hydrogens is 332 g/mol. The summed E-state index contributed by atoms with van der Waals surface area (Å²) >= 11 is 0. The first kappa shape index (κ1) is 17.9. The van der Waals surface area contributed by atoms with E-state index in [1.54, 1.807) is 35.2 Å². The summed E-state index contributed by atoms with van der Waals surface area (Å²) < 4.78 is 6.72. The molecule has 136 valence electrons. The largest absolute Gasteiger partial charge is 0.383 e. The Balaban J connectivity index is 1.73. The second-order valence-corrected chi connectivity index (χ2v) is 6.08. The molecule has 26 heavy (non-hydrogen) atoms. The molecule has 0 saturated carbocycles. The van der Waals surface area contributed by atoms with Gasteiger partial charge in [0.2, 0.25) is 5.91 Å². The van der Waals surface area contributed by atoms with Crippen molar-refractivity contribution < 1.29 is 14.3 Å². The molecule has 0 spiro atoms. The number of amides is 2. The average Bonchev–Trinajstić information content (AvgIpc) is 3.11. The summed E-state index contributed by atoms with van der Waals surface area (Å²) in [6.45, 7) is 5.40. The lowest BCUT2D eigenvalue weighted by molar-refractivity contribution is -0.114. The summed E-state index contributed by atoms with van der Waals surface area (Å²) in [7, 11) is 1.63. The Morgan fingerprint density at radius 3 is 3.04 bits per heavy atom. The van der Waals surface area contributed by atoms with Crippen molar-refractivity contribution in [3.05, 3.63) is 54.4 Å². The Bertz CT molecular complexity index is 828. The minimum absolute atomic E-state index is 0.119. The SMILES string of the molecule is C=CC(=O)N1CCCc2cc(C(=O)Nc3cnn(CCOC)c3)ccc21. The molecule has 0 saturated heterocycles. The highest BCUT2D eigenvalue weighted by molar-refractivity contribution is 6.06. The second kappa shape index (κ2) is 7.97. The standard InChI is InChI=1S/C19H22N4O3/c1-3-18(24)23-8-4-5-14-11-15(6-7-17(14)23)19(25)21-16-12-20-22(13-16)9-10-26-2/h3,6-7,11-13H,1,4-5,8-10H2,2H3,(H,21,25). The fourth-order valence-electron chi connectivity index (χ4n) is 3.02. The molecule has 2 amide bonds. The van der Waals surface area contributed by atoms with Gasteiger partial charge in [-0.25, -0.2) is 0 Å². The number of fused-ring (bicyclic) bond motifs is 1. The fourth-order valence-corrected chi connectivity index (χ4v) is 3.02. The highest BCUT2D eigenvalue weighted by Crippen LogP contribution is 2.28. The molecule has 0 radical (unpaired) electrons. The van der Waals surface area contributed by atoms with E-state index in [1.165, 1.54) is 6.08 Å². The Labute approximate surface area is 152 Å². The molecule has 1 aromatic carbocycles. The third kappa shape index (κ3) is 3.83. The number of aryl methyl sites for hydroxylation is 1. The molecule has 2 heterocycles. The zero-order chi connectivity index (χ0) is 18.5. The molecule has 1 N–H and O–H groups in total. The van der Waals surface area contributed by atoms with Crippen LogP contribution in [0.4, 0.5) is 11.4 Å². The quantitative estimate of drug-likeness (QED) is 0.807. The van der Waals surface area contributed by atoms with Gasteiger partial charge in [-0.1, -0.05) is 6.58 Å². The average molecular weight is 354 g/mol. The second-order valence-electron chi connectivity index (χ2n) is 6.08. The number of carbonyl (C=O) groups is 2. The molecule has 7 nitrogen and oxygen atoms in total. The highest BCUT2D eigenvalue weighted by Gasteiger charge is 2.22. The molecule has 0 atom stereocenters. The van der Waals surface area contributed by atoms with E-state index >= 15 is 0 Å². The van der Waals surface area contributed by atoms with Gasteiger partial charge in [0.25, 0.3) is 5.91 Å². The van der Waals surface area contributed by atoms with Gasteiger partial charge < -0.3 is 15.0 Å². The number of aromatic nitrogens is 2. The summed E-state index contributed by atoms with van der Waals surface area (Å²) in [4.78, 5) is 26.2. The van der Waals surface area contributed by atoms with Crippen molar-refractivity contribution in [2.24, 2.45) is 0 Å². The van der Waals surface area contributed by atoms with Crippen LogP contribution < -0.4 is 10.2 Å². The van der Waals surface area contributed by atoms with Crippen molar-refractivity contribution in [2.45, 2.75) is 19.4 Å². The molecule has 7 heteroatoms. The van der Waals surface area contributed by atoms with Crippen LogP contribution in [0.15, 0.2) is 43.2 Å². The summed E-state index contributed by atoms with van der Waals surface area (Å²) in [5.74, 6) is -0.321. The van der Waals surface area contributed by atoms with Crippen LogP contribution in [0.25, 0.3) is 0 Å². The molecule has 0 bridgehead atoms. The van der Waals surface area contributed by atoms with E-state index < -0.39 is 0 Å². The Hall–Kier alpha value is -2.93. The van der Waals surface area contributed by atoms with Crippen LogP contribution in [0, 0.1) is 0 Å². The van der Waals surface area contributed by atoms with Crippen molar-refractivity contribution in [1.29, 1.82) is 0 Å². The van der Waals surface area contributed by atoms with Gasteiger partial charge in [-0.05, 0) is 42.7 Å². The number of hydrogen-bond donors (Lipinski definition) is 1. The first-order chi connectivity index (χ1) is 12.6. The van der Waals surface area contributed by atoms with E-state index in [9.17, 15) is 9.59 Å². The molecule has 1 aliphatic heterocycles. The normalized spacial score (nSPS) is 13.2. The minimum atomic E-state index is -0.203. The molecule has 2 aromatic rings. The van der Waals surface area contributed by atoms with Crippen molar-refractivity contribution in [3.8, 4) is 0 Å². The topological polar surface area (TPSA) is 76.5 Å². The number of rotatable bonds is 6. The third-order valence-electron chi connectivity index (χ3n) is 4.32. The third-order valence-corrected chi connectivity index (χ3v) is 4.32. The number of benzene rings is 1. The summed E-state index contributed by atoms with van der Waals surface area (Å²) in [6.07, 6.45) is 6.39. The van der Waals surface area contributed by atoms with Gasteiger partial charge in [-0.2, -0.15) is 5.10 Å². The van der Waals surface area contributed by atoms with Crippen LogP contribution in [0.2, 0.25) is 0 Å². The Kier molecular flexibility index (Phi) is 5.48. The number of nitrogens with one attached hydrogen (secondary N) is 1. The van der Waals surface area contributed by atoms with Gasteiger partial charge >= 0.3 is 0 Å². The predicted molar refractivity (Wildman–Crippen MR) is 99.4 cm³/mol. The molecule has 0 unspecified atom stereocenters. The molecule has 1 aliphatic rings. The first-order valence-electron chi connectivity index (χ1n) is 8.52. The molecule has 0 fully saturated rings. The lowest BCUT2D eigenvalue weighted by Crippen LogP contribution is -2.34. The van der Waals surface area contributed by atoms with E-state index in [0.29, 0.717) is 30.9 Å². The minimum Gasteiger partial charge on any atom is -0.383 e. The van der Waals surface area contributed by atoms with Crippen molar-refractivity contribution in [3.63, 3.8) is 0 Å². The van der Waals surface area contributed by atoms with E-state index in [-0.39, 0.29) is 11.8 Å². The smallest absolute Gasteiger partial charge is 0.255 e. The molecule has 3 rings (SSSR count). The lowest BCUT2D eigenvalue weighted by Gasteiger charge is -2.28. The van der Waals surface area contributed by atoms with E-state index in [4.69, 9.17) is 4.74 Å². The van der Waals surface area contributed by atoms with Crippen LogP contribution in [0.5, 0.6) is 0 Å². The van der Waals surface area contributed by atoms with Gasteiger partial charge in [-0.15, -0.1) is 0 Å². The number of ether oxygens (including phenoxy) is 1. The summed E-state index contributed by atoms with van der Waals surface area (Å²) in [5.41, 5.74) is 3.04. The van der Waals surface area contributed by atoms with Crippen LogP contribution >= 0.6 is 0 Å². The molecule has 0 aliphatic carbocycles. The van der Waals surface area contributed by atoms with Crippen LogP contribution in [0.1, 0.15) is 22.3 Å². The van der Waals surface area contributed by atoms with Gasteiger partial charge in [0, 0.05) is 31.1 Å². The number of anilines is 2. The maximum absolute atomic E-state index is 12.5. The van der Waals surface area contributed by atoms with E-state index in [0.717, 1.165) is 24.1 Å². The summed E-state index contributed by atoms with van der Waals surface area (Å²) in [5, 5.41) is 7.02. The maximum atomic E-state index is 12.5. The number of nitrogens with zero attached hydrogens (tertiary/aromatic N) is 3. The van der Waals surface area contributed by atoms with Crippen LogP contribution in [-0.4, -0.2) is 41.9 Å². The first-order valence-corrected chi connectivity index (χ1v) is 8.52. The zero-order valence-corrected chi connectivity index (χ0v) is 14.8. The molecule has 1 aromatic heterocycles. The Morgan fingerprint density at radius 1 is 1.42 bits per heavy atom. The number of hydrogen-bond acceptors (Lipinski definition) is 4. The van der Waals surface area contributed by atoms with Gasteiger partial charge in [0.1, 0.15) is 0 Å². The number of carbonyl (C=O) groups excluding carboxylic acids is 2. The van der Waals surface area contributed by atoms with Crippen molar-refractivity contribution in [2.75, 3.05) is 30.5 Å². The lowest BCUT2D eigenvalue weighted by atomic mass is 9.98. The Morgan fingerprint density at radius 2 is 2.27 bits per heavy atom. The van der Waals surface area contributed by atoms with Gasteiger partial charge in [0.05, 0.1) is 25.0 Å². The van der Waals surface area contributed by atoms with Crippen molar-refractivity contribution >= 4 is 23.2 Å². The van der Waals surface area contributed by atoms with E-state index in [1.807, 2.05) is 12.1 Å². The monoisotopic (exact) mass is 354 g/mol. The number of methoxy groups -OCH3 is 1. The van der Waals surface area contributed by atoms with Gasteiger partial charge in [0.15, 0.2) is 0 Å². The summed E-state index contributed by atoms with van der Waals surface area (Å²) in [6, 6.07) is 5.41. The van der Waals surface area contributed by atoms with Gasteiger partial charge in [-0.3, -0.25) is 14.3 Å².